The molecule has 0 unspecified atom stereocenters. The molecule has 3 aromatic carbocycles. The summed E-state index contributed by atoms with van der Waals surface area (Å²) in [7, 11) is 0. The standard InChI is InChI=1S/C26H24N2O3/c27-19-11-10-18-23(24(29)30)28-25(31)26(20-12-4-1-5-13-20,21-14-6-2-7-15-21)22-16-8-3-9-17-22/h1-9,12-17,23H,10-11,18H2,(H,28,31)(H,29,30)/t23-/m1/s1. The van der Waals surface area contributed by atoms with Crippen LogP contribution in [0, 0.1) is 11.3 Å². The molecular formula is C26H24N2O3. The first-order chi connectivity index (χ1) is 15.1. The minimum absolute atomic E-state index is 0.184. The van der Waals surface area contributed by atoms with E-state index in [1.807, 2.05) is 97.1 Å². The Bertz CT molecular complexity index is 948. The highest BCUT2D eigenvalue weighted by Crippen LogP contribution is 2.39. The zero-order valence-corrected chi connectivity index (χ0v) is 17.1. The summed E-state index contributed by atoms with van der Waals surface area (Å²) >= 11 is 0. The molecule has 3 rings (SSSR count). The van der Waals surface area contributed by atoms with Crippen molar-refractivity contribution in [2.45, 2.75) is 30.7 Å². The Morgan fingerprint density at radius 1 is 0.839 bits per heavy atom. The summed E-state index contributed by atoms with van der Waals surface area (Å²) < 4.78 is 0. The van der Waals surface area contributed by atoms with Gasteiger partial charge in [-0.15, -0.1) is 0 Å². The highest BCUT2D eigenvalue weighted by molar-refractivity contribution is 5.98. The molecule has 0 aliphatic heterocycles. The van der Waals surface area contributed by atoms with Crippen LogP contribution in [0.2, 0.25) is 0 Å². The third-order valence-electron chi connectivity index (χ3n) is 5.35. The summed E-state index contributed by atoms with van der Waals surface area (Å²) in [6.45, 7) is 0. The van der Waals surface area contributed by atoms with Crippen LogP contribution < -0.4 is 5.32 Å². The van der Waals surface area contributed by atoms with Gasteiger partial charge in [-0.2, -0.15) is 5.26 Å². The highest BCUT2D eigenvalue weighted by Gasteiger charge is 2.44. The van der Waals surface area contributed by atoms with Crippen molar-refractivity contribution in [3.05, 3.63) is 108 Å². The molecule has 0 spiro atoms. The monoisotopic (exact) mass is 412 g/mol. The normalized spacial score (nSPS) is 11.8. The Morgan fingerprint density at radius 2 is 1.26 bits per heavy atom. The number of carbonyl (C=O) groups is 2. The van der Waals surface area contributed by atoms with Gasteiger partial charge in [-0.05, 0) is 29.5 Å². The number of carboxylic acids is 1. The molecule has 2 N–H and O–H groups in total. The largest absolute Gasteiger partial charge is 0.480 e. The number of nitrogens with zero attached hydrogens (tertiary/aromatic N) is 1. The number of amides is 1. The van der Waals surface area contributed by atoms with E-state index in [-0.39, 0.29) is 12.8 Å². The first-order valence-electron chi connectivity index (χ1n) is 10.2. The zero-order valence-electron chi connectivity index (χ0n) is 17.1. The topological polar surface area (TPSA) is 90.2 Å². The SMILES string of the molecule is N#CCCC[C@@H](NC(=O)C(c1ccccc1)(c1ccccc1)c1ccccc1)C(=O)O. The maximum atomic E-state index is 14.0. The average molecular weight is 412 g/mol. The fourth-order valence-corrected chi connectivity index (χ4v) is 3.87. The number of aliphatic carboxylic acids is 1. The first kappa shape index (κ1) is 21.8. The molecule has 3 aromatic rings. The summed E-state index contributed by atoms with van der Waals surface area (Å²) in [4.78, 5) is 25.8. The van der Waals surface area contributed by atoms with E-state index >= 15 is 0 Å². The maximum absolute atomic E-state index is 14.0. The Morgan fingerprint density at radius 3 is 1.61 bits per heavy atom. The molecule has 0 aliphatic rings. The minimum Gasteiger partial charge on any atom is -0.480 e. The molecule has 0 saturated heterocycles. The summed E-state index contributed by atoms with van der Waals surface area (Å²) in [5.74, 6) is -1.53. The second kappa shape index (κ2) is 10.2. The molecule has 0 aromatic heterocycles. The molecular weight excluding hydrogens is 388 g/mol. The van der Waals surface area contributed by atoms with Gasteiger partial charge >= 0.3 is 5.97 Å². The quantitative estimate of drug-likeness (QED) is 0.405. The Balaban J connectivity index is 2.17. The van der Waals surface area contributed by atoms with Crippen molar-refractivity contribution in [3.8, 4) is 6.07 Å². The summed E-state index contributed by atoms with van der Waals surface area (Å²) in [5.41, 5.74) is 0.996. The van der Waals surface area contributed by atoms with E-state index in [9.17, 15) is 14.7 Å². The average Bonchev–Trinajstić information content (AvgIpc) is 2.81. The van der Waals surface area contributed by atoms with Crippen molar-refractivity contribution in [2.24, 2.45) is 0 Å². The van der Waals surface area contributed by atoms with Crippen molar-refractivity contribution < 1.29 is 14.7 Å². The van der Waals surface area contributed by atoms with E-state index in [1.54, 1.807) is 0 Å². The minimum atomic E-state index is -1.23. The molecule has 156 valence electrons. The lowest BCUT2D eigenvalue weighted by atomic mass is 9.68. The molecule has 0 saturated carbocycles. The van der Waals surface area contributed by atoms with Crippen LogP contribution in [0.4, 0.5) is 0 Å². The van der Waals surface area contributed by atoms with E-state index < -0.39 is 23.3 Å². The van der Waals surface area contributed by atoms with E-state index in [0.29, 0.717) is 6.42 Å². The lowest BCUT2D eigenvalue weighted by Crippen LogP contribution is -2.51. The fourth-order valence-electron chi connectivity index (χ4n) is 3.87. The molecule has 0 aliphatic carbocycles. The third kappa shape index (κ3) is 4.65. The molecule has 5 nitrogen and oxygen atoms in total. The Kier molecular flexibility index (Phi) is 7.18. The first-order valence-corrected chi connectivity index (χ1v) is 10.2. The van der Waals surface area contributed by atoms with E-state index in [2.05, 4.69) is 5.32 Å². The van der Waals surface area contributed by atoms with Gasteiger partial charge in [0.05, 0.1) is 6.07 Å². The lowest BCUT2D eigenvalue weighted by molar-refractivity contribution is -0.142. The lowest BCUT2D eigenvalue weighted by Gasteiger charge is -2.35. The number of nitrogens with one attached hydrogen (secondary N) is 1. The molecule has 0 radical (unpaired) electrons. The number of rotatable bonds is 9. The fraction of sp³-hybridized carbons (Fsp3) is 0.192. The van der Waals surface area contributed by atoms with E-state index in [1.165, 1.54) is 0 Å². The smallest absolute Gasteiger partial charge is 0.326 e. The van der Waals surface area contributed by atoms with Gasteiger partial charge in [-0.25, -0.2) is 4.79 Å². The van der Waals surface area contributed by atoms with Crippen LogP contribution in [0.3, 0.4) is 0 Å². The van der Waals surface area contributed by atoms with Crippen LogP contribution in [-0.4, -0.2) is 23.0 Å². The van der Waals surface area contributed by atoms with Crippen molar-refractivity contribution in [1.29, 1.82) is 5.26 Å². The van der Waals surface area contributed by atoms with Crippen LogP contribution >= 0.6 is 0 Å². The van der Waals surface area contributed by atoms with Gasteiger partial charge in [-0.1, -0.05) is 91.0 Å². The molecule has 0 heterocycles. The van der Waals surface area contributed by atoms with Crippen molar-refractivity contribution in [3.63, 3.8) is 0 Å². The van der Waals surface area contributed by atoms with Gasteiger partial charge in [-0.3, -0.25) is 4.79 Å². The number of nitriles is 1. The molecule has 1 atom stereocenters. The zero-order chi connectivity index (χ0) is 22.1. The van der Waals surface area contributed by atoms with E-state index in [4.69, 9.17) is 5.26 Å². The maximum Gasteiger partial charge on any atom is 0.326 e. The number of hydrogen-bond acceptors (Lipinski definition) is 3. The molecule has 5 heteroatoms. The van der Waals surface area contributed by atoms with Crippen LogP contribution in [-0.2, 0) is 15.0 Å². The summed E-state index contributed by atoms with van der Waals surface area (Å²) in [6, 6.07) is 29.0. The van der Waals surface area contributed by atoms with Crippen LogP contribution in [0.15, 0.2) is 91.0 Å². The Labute approximate surface area is 182 Å². The number of hydrogen-bond donors (Lipinski definition) is 2. The van der Waals surface area contributed by atoms with Crippen LogP contribution in [0.5, 0.6) is 0 Å². The molecule has 31 heavy (non-hydrogen) atoms. The van der Waals surface area contributed by atoms with Crippen LogP contribution in [0.1, 0.15) is 36.0 Å². The van der Waals surface area contributed by atoms with Crippen molar-refractivity contribution >= 4 is 11.9 Å². The Hall–Kier alpha value is -3.91. The van der Waals surface area contributed by atoms with Crippen molar-refractivity contribution in [2.75, 3.05) is 0 Å². The van der Waals surface area contributed by atoms with Gasteiger partial charge < -0.3 is 10.4 Å². The molecule has 0 bridgehead atoms. The highest BCUT2D eigenvalue weighted by atomic mass is 16.4. The number of carboxylic acid groups (broad SMARTS) is 1. The van der Waals surface area contributed by atoms with Gasteiger partial charge in [0.2, 0.25) is 5.91 Å². The summed E-state index contributed by atoms with van der Waals surface area (Å²) in [5, 5.41) is 21.3. The van der Waals surface area contributed by atoms with Gasteiger partial charge in [0.15, 0.2) is 0 Å². The van der Waals surface area contributed by atoms with Crippen LogP contribution in [0.25, 0.3) is 0 Å². The third-order valence-corrected chi connectivity index (χ3v) is 5.35. The number of benzene rings is 3. The second-order valence-corrected chi connectivity index (χ2v) is 7.26. The predicted octanol–water partition coefficient (Wildman–Crippen LogP) is 4.28. The van der Waals surface area contributed by atoms with Gasteiger partial charge in [0.25, 0.3) is 0 Å². The van der Waals surface area contributed by atoms with Crippen molar-refractivity contribution in [1.82, 2.24) is 5.32 Å². The predicted molar refractivity (Wildman–Crippen MR) is 118 cm³/mol. The number of unbranched alkanes of at least 4 members (excludes halogenated alkanes) is 1. The van der Waals surface area contributed by atoms with Gasteiger partial charge in [0.1, 0.15) is 11.5 Å². The van der Waals surface area contributed by atoms with E-state index in [0.717, 1.165) is 16.7 Å². The second-order valence-electron chi connectivity index (χ2n) is 7.26. The molecule has 1 amide bonds. The number of carbonyl (C=O) groups excluding carboxylic acids is 1. The molecule has 0 fully saturated rings. The van der Waals surface area contributed by atoms with Gasteiger partial charge in [0, 0.05) is 6.42 Å². The summed E-state index contributed by atoms with van der Waals surface area (Å²) in [6.07, 6.45) is 0.812.